The number of aryl methyl sites for hydroxylation is 1. The second kappa shape index (κ2) is 7.85. The maximum Gasteiger partial charge on any atom is 0.255 e. The number of benzene rings is 3. The fourth-order valence-corrected chi connectivity index (χ4v) is 2.54. The third kappa shape index (κ3) is 4.29. The number of nitrogens with one attached hydrogen (secondary N) is 2. The minimum Gasteiger partial charge on any atom is -0.322 e. The summed E-state index contributed by atoms with van der Waals surface area (Å²) in [5.41, 5.74) is 3.35. The van der Waals surface area contributed by atoms with Gasteiger partial charge in [-0.1, -0.05) is 29.8 Å². The van der Waals surface area contributed by atoms with Crippen LogP contribution in [-0.2, 0) is 0 Å². The molecular formula is C21H17ClN2O2. The number of hydrogen-bond acceptors (Lipinski definition) is 2. The molecule has 0 spiro atoms. The fourth-order valence-electron chi connectivity index (χ4n) is 2.42. The van der Waals surface area contributed by atoms with Gasteiger partial charge in [0, 0.05) is 27.5 Å². The van der Waals surface area contributed by atoms with Crippen LogP contribution in [-0.4, -0.2) is 11.8 Å². The number of hydrogen-bond donors (Lipinski definition) is 2. The van der Waals surface area contributed by atoms with Crippen molar-refractivity contribution in [1.82, 2.24) is 0 Å². The van der Waals surface area contributed by atoms with Crippen molar-refractivity contribution in [2.75, 3.05) is 10.6 Å². The van der Waals surface area contributed by atoms with Crippen LogP contribution < -0.4 is 10.6 Å². The second-order valence-corrected chi connectivity index (χ2v) is 6.24. The minimum atomic E-state index is -0.252. The highest BCUT2D eigenvalue weighted by molar-refractivity contribution is 6.30. The Morgan fingerprint density at radius 3 is 1.85 bits per heavy atom. The molecule has 0 aliphatic rings. The predicted molar refractivity (Wildman–Crippen MR) is 105 cm³/mol. The fraction of sp³-hybridized carbons (Fsp3) is 0.0476. The van der Waals surface area contributed by atoms with Crippen molar-refractivity contribution in [3.63, 3.8) is 0 Å². The SMILES string of the molecule is Cc1ccccc1NC(=O)c1ccc(C(=O)Nc2ccc(Cl)cc2)cc1. The van der Waals surface area contributed by atoms with Crippen molar-refractivity contribution in [1.29, 1.82) is 0 Å². The Kier molecular flexibility index (Phi) is 5.34. The van der Waals surface area contributed by atoms with E-state index in [1.807, 2.05) is 31.2 Å². The number of carbonyl (C=O) groups excluding carboxylic acids is 2. The summed E-state index contributed by atoms with van der Waals surface area (Å²) in [7, 11) is 0. The van der Waals surface area contributed by atoms with Crippen LogP contribution in [0.15, 0.2) is 72.8 Å². The smallest absolute Gasteiger partial charge is 0.255 e. The molecule has 0 atom stereocenters. The molecule has 0 aliphatic heterocycles. The van der Waals surface area contributed by atoms with Crippen LogP contribution in [0.25, 0.3) is 0 Å². The summed E-state index contributed by atoms with van der Waals surface area (Å²) >= 11 is 5.83. The van der Waals surface area contributed by atoms with Gasteiger partial charge in [-0.05, 0) is 67.1 Å². The summed E-state index contributed by atoms with van der Waals surface area (Å²) in [5, 5.41) is 6.26. The number of amides is 2. The first-order valence-corrected chi connectivity index (χ1v) is 8.45. The van der Waals surface area contributed by atoms with Gasteiger partial charge in [0.15, 0.2) is 0 Å². The van der Waals surface area contributed by atoms with E-state index in [4.69, 9.17) is 11.6 Å². The summed E-state index contributed by atoms with van der Waals surface area (Å²) in [4.78, 5) is 24.6. The number of rotatable bonds is 4. The molecule has 0 fully saturated rings. The Morgan fingerprint density at radius 1 is 0.731 bits per heavy atom. The van der Waals surface area contributed by atoms with Crippen molar-refractivity contribution in [2.24, 2.45) is 0 Å². The lowest BCUT2D eigenvalue weighted by Gasteiger charge is -2.09. The molecule has 130 valence electrons. The van der Waals surface area contributed by atoms with Gasteiger partial charge in [0.1, 0.15) is 0 Å². The molecule has 0 bridgehead atoms. The van der Waals surface area contributed by atoms with E-state index in [1.54, 1.807) is 48.5 Å². The second-order valence-electron chi connectivity index (χ2n) is 5.81. The molecule has 3 aromatic rings. The summed E-state index contributed by atoms with van der Waals surface area (Å²) in [6.07, 6.45) is 0. The zero-order chi connectivity index (χ0) is 18.5. The van der Waals surface area contributed by atoms with Crippen LogP contribution in [0.2, 0.25) is 5.02 Å². The Bertz CT molecular complexity index is 935. The summed E-state index contributed by atoms with van der Waals surface area (Å²) in [6, 6.07) is 20.9. The molecule has 0 unspecified atom stereocenters. The van der Waals surface area contributed by atoms with Crippen molar-refractivity contribution >= 4 is 34.8 Å². The Morgan fingerprint density at radius 2 is 1.27 bits per heavy atom. The molecular weight excluding hydrogens is 348 g/mol. The number of carbonyl (C=O) groups is 2. The molecule has 3 rings (SSSR count). The normalized spacial score (nSPS) is 10.2. The molecule has 0 radical (unpaired) electrons. The quantitative estimate of drug-likeness (QED) is 0.672. The summed E-state index contributed by atoms with van der Waals surface area (Å²) in [5.74, 6) is -0.470. The monoisotopic (exact) mass is 364 g/mol. The van der Waals surface area contributed by atoms with Gasteiger partial charge < -0.3 is 10.6 Å². The van der Waals surface area contributed by atoms with Gasteiger partial charge in [-0.2, -0.15) is 0 Å². The molecule has 5 heteroatoms. The topological polar surface area (TPSA) is 58.2 Å². The van der Waals surface area contributed by atoms with Crippen molar-refractivity contribution in [2.45, 2.75) is 6.92 Å². The molecule has 4 nitrogen and oxygen atoms in total. The number of para-hydroxylation sites is 1. The lowest BCUT2D eigenvalue weighted by molar-refractivity contribution is 0.101. The molecule has 0 aliphatic carbocycles. The van der Waals surface area contributed by atoms with E-state index in [2.05, 4.69) is 10.6 Å². The molecule has 2 amide bonds. The molecule has 0 aromatic heterocycles. The number of anilines is 2. The van der Waals surface area contributed by atoms with Crippen molar-refractivity contribution < 1.29 is 9.59 Å². The maximum atomic E-state index is 12.3. The third-order valence-electron chi connectivity index (χ3n) is 3.90. The van der Waals surface area contributed by atoms with Gasteiger partial charge >= 0.3 is 0 Å². The highest BCUT2D eigenvalue weighted by atomic mass is 35.5. The standard InChI is InChI=1S/C21H17ClN2O2/c1-14-4-2-3-5-19(14)24-21(26)16-8-6-15(7-9-16)20(25)23-18-12-10-17(22)11-13-18/h2-13H,1H3,(H,23,25)(H,24,26). The van der Waals surface area contributed by atoms with E-state index in [-0.39, 0.29) is 11.8 Å². The molecule has 26 heavy (non-hydrogen) atoms. The first-order chi connectivity index (χ1) is 12.5. The first kappa shape index (κ1) is 17.7. The molecule has 2 N–H and O–H groups in total. The van der Waals surface area contributed by atoms with Crippen LogP contribution in [0.3, 0.4) is 0 Å². The van der Waals surface area contributed by atoms with Gasteiger partial charge in [0.05, 0.1) is 0 Å². The predicted octanol–water partition coefficient (Wildman–Crippen LogP) is 5.15. The van der Waals surface area contributed by atoms with Gasteiger partial charge in [-0.15, -0.1) is 0 Å². The zero-order valence-corrected chi connectivity index (χ0v) is 14.9. The zero-order valence-electron chi connectivity index (χ0n) is 14.1. The Balaban J connectivity index is 1.67. The van der Waals surface area contributed by atoms with Gasteiger partial charge in [0.25, 0.3) is 11.8 Å². The summed E-state index contributed by atoms with van der Waals surface area (Å²) < 4.78 is 0. The van der Waals surface area contributed by atoms with Gasteiger partial charge in [-0.3, -0.25) is 9.59 Å². The first-order valence-electron chi connectivity index (χ1n) is 8.07. The molecule has 0 saturated heterocycles. The lowest BCUT2D eigenvalue weighted by atomic mass is 10.1. The highest BCUT2D eigenvalue weighted by Crippen LogP contribution is 2.17. The Hall–Kier alpha value is -3.11. The van der Waals surface area contributed by atoms with Crippen LogP contribution >= 0.6 is 11.6 Å². The molecule has 3 aromatic carbocycles. The lowest BCUT2D eigenvalue weighted by Crippen LogP contribution is -2.14. The van der Waals surface area contributed by atoms with Crippen molar-refractivity contribution in [3.8, 4) is 0 Å². The van der Waals surface area contributed by atoms with E-state index in [9.17, 15) is 9.59 Å². The number of halogens is 1. The van der Waals surface area contributed by atoms with Gasteiger partial charge in [0.2, 0.25) is 0 Å². The van der Waals surface area contributed by atoms with Crippen LogP contribution in [0, 0.1) is 6.92 Å². The molecule has 0 saturated carbocycles. The largest absolute Gasteiger partial charge is 0.322 e. The minimum absolute atomic E-state index is 0.219. The Labute approximate surface area is 156 Å². The van der Waals surface area contributed by atoms with E-state index in [0.29, 0.717) is 21.8 Å². The van der Waals surface area contributed by atoms with E-state index in [1.165, 1.54) is 0 Å². The van der Waals surface area contributed by atoms with Crippen LogP contribution in [0.1, 0.15) is 26.3 Å². The van der Waals surface area contributed by atoms with E-state index in [0.717, 1.165) is 11.3 Å². The molecule has 0 heterocycles. The van der Waals surface area contributed by atoms with Crippen molar-refractivity contribution in [3.05, 3.63) is 94.5 Å². The highest BCUT2D eigenvalue weighted by Gasteiger charge is 2.10. The average Bonchev–Trinajstić information content (AvgIpc) is 2.65. The maximum absolute atomic E-state index is 12.3. The average molecular weight is 365 g/mol. The van der Waals surface area contributed by atoms with Crippen LogP contribution in [0.4, 0.5) is 11.4 Å². The van der Waals surface area contributed by atoms with E-state index >= 15 is 0 Å². The third-order valence-corrected chi connectivity index (χ3v) is 4.16. The van der Waals surface area contributed by atoms with E-state index < -0.39 is 0 Å². The van der Waals surface area contributed by atoms with Gasteiger partial charge in [-0.25, -0.2) is 0 Å². The summed E-state index contributed by atoms with van der Waals surface area (Å²) in [6.45, 7) is 1.93. The van der Waals surface area contributed by atoms with Crippen LogP contribution in [0.5, 0.6) is 0 Å².